The van der Waals surface area contributed by atoms with Crippen molar-refractivity contribution < 1.29 is 13.9 Å². The number of thioether (sulfide) groups is 1. The SMILES string of the molecule is C=NC(Cc1ccncc1)C(=O)OCC.CF.CS.CSC. The summed E-state index contributed by atoms with van der Waals surface area (Å²) in [5.74, 6) is -0.329. The number of nitrogens with zero attached hydrogens (tertiary/aromatic N) is 2. The maximum atomic E-state index is 11.4. The average molecular weight is 351 g/mol. The third-order valence-corrected chi connectivity index (χ3v) is 1.96. The summed E-state index contributed by atoms with van der Waals surface area (Å²) in [5, 5.41) is 0. The minimum Gasteiger partial charge on any atom is -0.464 e. The summed E-state index contributed by atoms with van der Waals surface area (Å²) in [4.78, 5) is 19.1. The summed E-state index contributed by atoms with van der Waals surface area (Å²) in [6.45, 7) is 5.52. The summed E-state index contributed by atoms with van der Waals surface area (Å²) in [6, 6.07) is 3.17. The smallest absolute Gasteiger partial charge is 0.331 e. The Morgan fingerprint density at radius 1 is 1.41 bits per heavy atom. The van der Waals surface area contributed by atoms with Crippen LogP contribution in [0.5, 0.6) is 0 Å². The van der Waals surface area contributed by atoms with Crippen molar-refractivity contribution >= 4 is 37.1 Å². The molecule has 0 fully saturated rings. The van der Waals surface area contributed by atoms with Crippen LogP contribution in [0.25, 0.3) is 0 Å². The number of esters is 1. The van der Waals surface area contributed by atoms with E-state index in [2.05, 4.69) is 29.3 Å². The molecule has 0 aliphatic rings. The van der Waals surface area contributed by atoms with Crippen LogP contribution in [-0.4, -0.2) is 56.3 Å². The first-order chi connectivity index (χ1) is 10.7. The van der Waals surface area contributed by atoms with Crippen LogP contribution in [0.2, 0.25) is 0 Å². The van der Waals surface area contributed by atoms with E-state index in [4.69, 9.17) is 4.74 Å². The number of carbonyl (C=O) groups is 1. The third kappa shape index (κ3) is 15.3. The lowest BCUT2D eigenvalue weighted by molar-refractivity contribution is -0.144. The molecule has 1 rings (SSSR count). The number of carbonyl (C=O) groups excluding carboxylic acids is 1. The molecular formula is C15H27FN2O2S2. The van der Waals surface area contributed by atoms with Crippen molar-refractivity contribution in [3.05, 3.63) is 30.1 Å². The van der Waals surface area contributed by atoms with Gasteiger partial charge >= 0.3 is 5.97 Å². The molecule has 0 aromatic carbocycles. The molecule has 0 amide bonds. The number of hydrogen-bond acceptors (Lipinski definition) is 6. The molecule has 0 saturated heterocycles. The van der Waals surface area contributed by atoms with Crippen LogP contribution in [0.15, 0.2) is 29.5 Å². The van der Waals surface area contributed by atoms with Gasteiger partial charge in [-0.2, -0.15) is 24.4 Å². The Bertz CT molecular complexity index is 355. The second-order valence-corrected chi connectivity index (χ2v) is 4.23. The van der Waals surface area contributed by atoms with Gasteiger partial charge in [0.15, 0.2) is 6.04 Å². The van der Waals surface area contributed by atoms with E-state index < -0.39 is 6.04 Å². The van der Waals surface area contributed by atoms with Crippen LogP contribution < -0.4 is 0 Å². The van der Waals surface area contributed by atoms with Crippen LogP contribution in [0.1, 0.15) is 12.5 Å². The second-order valence-electron chi connectivity index (χ2n) is 3.42. The van der Waals surface area contributed by atoms with Crippen molar-refractivity contribution in [1.29, 1.82) is 0 Å². The first-order valence-electron chi connectivity index (χ1n) is 6.43. The molecule has 1 aromatic heterocycles. The fourth-order valence-corrected chi connectivity index (χ4v) is 1.20. The molecule has 7 heteroatoms. The zero-order chi connectivity index (χ0) is 17.8. The lowest BCUT2D eigenvalue weighted by Crippen LogP contribution is -2.23. The molecule has 1 aromatic rings. The molecule has 0 saturated carbocycles. The molecule has 0 spiro atoms. The highest BCUT2D eigenvalue weighted by Gasteiger charge is 2.17. The second kappa shape index (κ2) is 22.2. The number of halogens is 1. The van der Waals surface area contributed by atoms with Gasteiger partial charge < -0.3 is 4.74 Å². The molecule has 1 unspecified atom stereocenters. The molecule has 0 bridgehead atoms. The Morgan fingerprint density at radius 2 is 1.86 bits per heavy atom. The Labute approximate surface area is 143 Å². The highest BCUT2D eigenvalue weighted by atomic mass is 32.2. The Morgan fingerprint density at radius 3 is 2.23 bits per heavy atom. The van der Waals surface area contributed by atoms with E-state index in [0.29, 0.717) is 20.2 Å². The van der Waals surface area contributed by atoms with Gasteiger partial charge in [-0.05, 0) is 50.1 Å². The topological polar surface area (TPSA) is 51.5 Å². The summed E-state index contributed by atoms with van der Waals surface area (Å²) in [5.41, 5.74) is 0.996. The summed E-state index contributed by atoms with van der Waals surface area (Å²) in [7, 11) is 0.500. The van der Waals surface area contributed by atoms with Crippen molar-refractivity contribution in [1.82, 2.24) is 4.98 Å². The summed E-state index contributed by atoms with van der Waals surface area (Å²) in [6.07, 6.45) is 9.64. The molecule has 0 aliphatic carbocycles. The molecular weight excluding hydrogens is 323 g/mol. The van der Waals surface area contributed by atoms with Crippen molar-refractivity contribution in [2.75, 3.05) is 32.6 Å². The standard InChI is InChI=1S/C11H14N2O2.C2H6S.CH3F.CH4S/c1-3-15-11(14)10(12-2)8-9-4-6-13-7-5-9;1-3-2;2*1-2/h4-7,10H,2-3,8H2,1H3;1-2H3;1H3;2H,1H3. The molecule has 4 nitrogen and oxygen atoms in total. The normalized spacial score (nSPS) is 9.41. The molecule has 128 valence electrons. The van der Waals surface area contributed by atoms with E-state index in [1.165, 1.54) is 0 Å². The Balaban J connectivity index is -0.000000446. The predicted molar refractivity (Wildman–Crippen MR) is 99.3 cm³/mol. The van der Waals surface area contributed by atoms with Gasteiger partial charge in [-0.25, -0.2) is 4.79 Å². The minimum absolute atomic E-state index is 0.329. The van der Waals surface area contributed by atoms with Crippen LogP contribution in [-0.2, 0) is 16.0 Å². The number of rotatable bonds is 5. The highest BCUT2D eigenvalue weighted by Crippen LogP contribution is 2.06. The number of thiol groups is 1. The minimum atomic E-state index is -0.521. The summed E-state index contributed by atoms with van der Waals surface area (Å²) < 4.78 is 14.4. The van der Waals surface area contributed by atoms with Gasteiger partial charge in [-0.3, -0.25) is 14.4 Å². The first-order valence-corrected chi connectivity index (χ1v) is 8.96. The number of ether oxygens (including phenoxy) is 1. The molecule has 0 N–H and O–H groups in total. The van der Waals surface area contributed by atoms with Crippen LogP contribution in [0, 0.1) is 0 Å². The fourth-order valence-electron chi connectivity index (χ4n) is 1.20. The van der Waals surface area contributed by atoms with E-state index in [-0.39, 0.29) is 5.97 Å². The number of alkyl halides is 1. The molecule has 1 heterocycles. The van der Waals surface area contributed by atoms with Gasteiger partial charge in [0.2, 0.25) is 0 Å². The van der Waals surface area contributed by atoms with Crippen molar-refractivity contribution in [3.8, 4) is 0 Å². The average Bonchev–Trinajstić information content (AvgIpc) is 2.58. The molecule has 0 radical (unpaired) electrons. The molecule has 22 heavy (non-hydrogen) atoms. The lowest BCUT2D eigenvalue weighted by atomic mass is 10.1. The van der Waals surface area contributed by atoms with E-state index >= 15 is 0 Å². The first kappa shape index (κ1) is 25.9. The van der Waals surface area contributed by atoms with Gasteiger partial charge in [-0.15, -0.1) is 0 Å². The van der Waals surface area contributed by atoms with Gasteiger partial charge in [0.1, 0.15) is 0 Å². The quantitative estimate of drug-likeness (QED) is 0.502. The van der Waals surface area contributed by atoms with Gasteiger partial charge in [0.05, 0.1) is 13.8 Å². The van der Waals surface area contributed by atoms with E-state index in [1.807, 2.05) is 24.6 Å². The maximum absolute atomic E-state index is 11.4. The van der Waals surface area contributed by atoms with Crippen LogP contribution in [0.3, 0.4) is 0 Å². The van der Waals surface area contributed by atoms with Gasteiger partial charge in [-0.1, -0.05) is 0 Å². The monoisotopic (exact) mass is 350 g/mol. The zero-order valence-electron chi connectivity index (χ0n) is 14.0. The van der Waals surface area contributed by atoms with Crippen LogP contribution >= 0.6 is 24.4 Å². The number of hydrogen-bond donors (Lipinski definition) is 1. The van der Waals surface area contributed by atoms with Crippen LogP contribution in [0.4, 0.5) is 4.39 Å². The third-order valence-electron chi connectivity index (χ3n) is 1.96. The highest BCUT2D eigenvalue weighted by molar-refractivity contribution is 7.97. The Hall–Kier alpha value is -1.08. The number of aromatic nitrogens is 1. The van der Waals surface area contributed by atoms with E-state index in [0.717, 1.165) is 5.56 Å². The van der Waals surface area contributed by atoms with Gasteiger partial charge in [0.25, 0.3) is 0 Å². The largest absolute Gasteiger partial charge is 0.464 e. The van der Waals surface area contributed by atoms with Crippen molar-refractivity contribution in [2.45, 2.75) is 19.4 Å². The summed E-state index contributed by atoms with van der Waals surface area (Å²) >= 11 is 5.28. The predicted octanol–water partition coefficient (Wildman–Crippen LogP) is 3.37. The molecule has 0 aliphatic heterocycles. The van der Waals surface area contributed by atoms with E-state index in [1.54, 1.807) is 37.3 Å². The van der Waals surface area contributed by atoms with Crippen molar-refractivity contribution in [2.24, 2.45) is 4.99 Å². The lowest BCUT2D eigenvalue weighted by Gasteiger charge is -2.10. The fraction of sp³-hybridized carbons (Fsp3) is 0.533. The number of pyridine rings is 1. The van der Waals surface area contributed by atoms with E-state index in [9.17, 15) is 9.18 Å². The maximum Gasteiger partial charge on any atom is 0.331 e. The van der Waals surface area contributed by atoms with Gasteiger partial charge in [0, 0.05) is 18.8 Å². The number of aliphatic imine (C=N–C) groups is 1. The Kier molecular flexibility index (Phi) is 26.1. The molecule has 1 atom stereocenters. The van der Waals surface area contributed by atoms with Crippen molar-refractivity contribution in [3.63, 3.8) is 0 Å². The zero-order valence-corrected chi connectivity index (χ0v) is 15.7.